The summed E-state index contributed by atoms with van der Waals surface area (Å²) in [6.07, 6.45) is 7.45. The third kappa shape index (κ3) is 3.51. The van der Waals surface area contributed by atoms with E-state index in [0.29, 0.717) is 0 Å². The van der Waals surface area contributed by atoms with Crippen LogP contribution in [-0.2, 0) is 6.54 Å². The quantitative estimate of drug-likeness (QED) is 0.629. The van der Waals surface area contributed by atoms with Crippen LogP contribution < -0.4 is 0 Å². The van der Waals surface area contributed by atoms with Gasteiger partial charge in [0.25, 0.3) is 0 Å². The molecule has 0 radical (unpaired) electrons. The van der Waals surface area contributed by atoms with E-state index in [-0.39, 0.29) is 0 Å². The Morgan fingerprint density at radius 3 is 2.75 bits per heavy atom. The van der Waals surface area contributed by atoms with Crippen molar-refractivity contribution in [3.8, 4) is 0 Å². The molecule has 0 amide bonds. The molecule has 0 aliphatic heterocycles. The average molecular weight is 167 g/mol. The summed E-state index contributed by atoms with van der Waals surface area (Å²) >= 11 is 0. The Hall–Kier alpha value is -0.860. The van der Waals surface area contributed by atoms with E-state index < -0.39 is 0 Å². The van der Waals surface area contributed by atoms with Crippen molar-refractivity contribution in [2.75, 3.05) is 0 Å². The maximum absolute atomic E-state index is 3.90. The maximum Gasteiger partial charge on any atom is 0.0692 e. The molecule has 1 aromatic heterocycles. The molecule has 0 spiro atoms. The molecule has 1 heterocycles. The molecule has 0 aromatic carbocycles. The topological polar surface area (TPSA) is 30.7 Å². The van der Waals surface area contributed by atoms with E-state index in [1.54, 1.807) is 6.20 Å². The van der Waals surface area contributed by atoms with Gasteiger partial charge in [0.05, 0.1) is 6.20 Å². The molecule has 0 aliphatic rings. The number of aromatic nitrogens is 3. The minimum atomic E-state index is 0.820. The van der Waals surface area contributed by atoms with E-state index in [1.807, 2.05) is 10.9 Å². The van der Waals surface area contributed by atoms with Gasteiger partial charge in [-0.1, -0.05) is 31.9 Å². The average Bonchev–Trinajstić information content (AvgIpc) is 2.49. The number of rotatable bonds is 5. The van der Waals surface area contributed by atoms with E-state index in [9.17, 15) is 0 Å². The molecule has 0 fully saturated rings. The maximum atomic E-state index is 3.90. The zero-order chi connectivity index (χ0) is 8.81. The van der Waals surface area contributed by atoms with Gasteiger partial charge in [0, 0.05) is 12.7 Å². The van der Waals surface area contributed by atoms with Crippen LogP contribution >= 0.6 is 0 Å². The zero-order valence-corrected chi connectivity index (χ0v) is 7.90. The second-order valence-corrected chi connectivity index (χ2v) is 3.56. The molecule has 0 unspecified atom stereocenters. The Balaban J connectivity index is 2.04. The van der Waals surface area contributed by atoms with E-state index in [0.717, 1.165) is 12.5 Å². The summed E-state index contributed by atoms with van der Waals surface area (Å²) in [6.45, 7) is 5.53. The molecule has 3 nitrogen and oxygen atoms in total. The van der Waals surface area contributed by atoms with E-state index in [2.05, 4.69) is 24.2 Å². The van der Waals surface area contributed by atoms with Crippen LogP contribution in [0, 0.1) is 5.92 Å². The Kier molecular flexibility index (Phi) is 3.77. The highest BCUT2D eigenvalue weighted by Crippen LogP contribution is 2.06. The number of aryl methyl sites for hydroxylation is 1. The second-order valence-electron chi connectivity index (χ2n) is 3.56. The first-order chi connectivity index (χ1) is 5.79. The first-order valence-corrected chi connectivity index (χ1v) is 4.63. The molecule has 0 saturated heterocycles. The summed E-state index contributed by atoms with van der Waals surface area (Å²) in [4.78, 5) is 0. The molecule has 0 N–H and O–H groups in total. The highest BCUT2D eigenvalue weighted by molar-refractivity contribution is 4.63. The summed E-state index contributed by atoms with van der Waals surface area (Å²) in [7, 11) is 0. The van der Waals surface area contributed by atoms with Gasteiger partial charge in [-0.3, -0.25) is 4.68 Å². The molecule has 3 heteroatoms. The summed E-state index contributed by atoms with van der Waals surface area (Å²) in [5, 5.41) is 7.65. The lowest BCUT2D eigenvalue weighted by Crippen LogP contribution is -1.99. The van der Waals surface area contributed by atoms with Gasteiger partial charge in [0.1, 0.15) is 0 Å². The summed E-state index contributed by atoms with van der Waals surface area (Å²) < 4.78 is 1.89. The van der Waals surface area contributed by atoms with Gasteiger partial charge in [0.2, 0.25) is 0 Å². The lowest BCUT2D eigenvalue weighted by Gasteiger charge is -2.03. The fourth-order valence-corrected chi connectivity index (χ4v) is 1.18. The zero-order valence-electron chi connectivity index (χ0n) is 7.90. The van der Waals surface area contributed by atoms with Gasteiger partial charge < -0.3 is 0 Å². The lowest BCUT2D eigenvalue weighted by atomic mass is 10.1. The normalized spacial score (nSPS) is 10.9. The number of hydrogen-bond acceptors (Lipinski definition) is 2. The van der Waals surface area contributed by atoms with Crippen LogP contribution in [0.5, 0.6) is 0 Å². The molecule has 1 rings (SSSR count). The van der Waals surface area contributed by atoms with Crippen LogP contribution in [0.4, 0.5) is 0 Å². The van der Waals surface area contributed by atoms with Crippen LogP contribution in [0.2, 0.25) is 0 Å². The standard InChI is InChI=1S/C9H17N3/c1-9(2)5-3-4-7-12-8-6-10-11-12/h6,8-9H,3-5,7H2,1-2H3. The van der Waals surface area contributed by atoms with Crippen LogP contribution in [0.1, 0.15) is 33.1 Å². The van der Waals surface area contributed by atoms with Gasteiger partial charge in [-0.15, -0.1) is 5.10 Å². The minimum absolute atomic E-state index is 0.820. The first-order valence-electron chi connectivity index (χ1n) is 4.63. The number of hydrogen-bond donors (Lipinski definition) is 0. The van der Waals surface area contributed by atoms with E-state index >= 15 is 0 Å². The molecule has 0 saturated carbocycles. The third-order valence-electron chi connectivity index (χ3n) is 1.89. The van der Waals surface area contributed by atoms with Gasteiger partial charge in [-0.25, -0.2) is 0 Å². The fourth-order valence-electron chi connectivity index (χ4n) is 1.18. The summed E-state index contributed by atoms with van der Waals surface area (Å²) in [5.41, 5.74) is 0. The molecule has 0 atom stereocenters. The Bertz CT molecular complexity index is 192. The predicted octanol–water partition coefficient (Wildman–Crippen LogP) is 2.10. The SMILES string of the molecule is CC(C)CCCCn1ccnn1. The highest BCUT2D eigenvalue weighted by atomic mass is 15.4. The van der Waals surface area contributed by atoms with Crippen molar-refractivity contribution in [1.82, 2.24) is 15.0 Å². The number of unbranched alkanes of at least 4 members (excludes halogenated alkanes) is 1. The van der Waals surface area contributed by atoms with Gasteiger partial charge in [0.15, 0.2) is 0 Å². The van der Waals surface area contributed by atoms with Crippen LogP contribution in [-0.4, -0.2) is 15.0 Å². The van der Waals surface area contributed by atoms with E-state index in [1.165, 1.54) is 19.3 Å². The highest BCUT2D eigenvalue weighted by Gasteiger charge is 1.95. The molecule has 0 aliphatic carbocycles. The van der Waals surface area contributed by atoms with Crippen molar-refractivity contribution in [1.29, 1.82) is 0 Å². The monoisotopic (exact) mass is 167 g/mol. The number of nitrogens with zero attached hydrogens (tertiary/aromatic N) is 3. The third-order valence-corrected chi connectivity index (χ3v) is 1.89. The summed E-state index contributed by atoms with van der Waals surface area (Å²) in [5.74, 6) is 0.820. The summed E-state index contributed by atoms with van der Waals surface area (Å²) in [6, 6.07) is 0. The van der Waals surface area contributed by atoms with Crippen LogP contribution in [0.3, 0.4) is 0 Å². The van der Waals surface area contributed by atoms with Gasteiger partial charge >= 0.3 is 0 Å². The Morgan fingerprint density at radius 2 is 2.17 bits per heavy atom. The molecular formula is C9H17N3. The van der Waals surface area contributed by atoms with Crippen LogP contribution in [0.25, 0.3) is 0 Å². The first kappa shape index (κ1) is 9.23. The van der Waals surface area contributed by atoms with Crippen molar-refractivity contribution < 1.29 is 0 Å². The Labute approximate surface area is 73.8 Å². The fraction of sp³-hybridized carbons (Fsp3) is 0.778. The molecule has 0 bridgehead atoms. The van der Waals surface area contributed by atoms with Crippen molar-refractivity contribution in [2.45, 2.75) is 39.7 Å². The van der Waals surface area contributed by atoms with Crippen molar-refractivity contribution in [3.05, 3.63) is 12.4 Å². The second kappa shape index (κ2) is 4.91. The molecule has 12 heavy (non-hydrogen) atoms. The van der Waals surface area contributed by atoms with Crippen molar-refractivity contribution in [2.24, 2.45) is 5.92 Å². The van der Waals surface area contributed by atoms with E-state index in [4.69, 9.17) is 0 Å². The van der Waals surface area contributed by atoms with Crippen molar-refractivity contribution >= 4 is 0 Å². The largest absolute Gasteiger partial charge is 0.253 e. The van der Waals surface area contributed by atoms with Gasteiger partial charge in [-0.05, 0) is 12.3 Å². The Morgan fingerprint density at radius 1 is 1.33 bits per heavy atom. The predicted molar refractivity (Wildman–Crippen MR) is 48.7 cm³/mol. The molecule has 68 valence electrons. The molecular weight excluding hydrogens is 150 g/mol. The molecule has 1 aromatic rings. The smallest absolute Gasteiger partial charge is 0.0692 e. The van der Waals surface area contributed by atoms with Crippen LogP contribution in [0.15, 0.2) is 12.4 Å². The minimum Gasteiger partial charge on any atom is -0.253 e. The van der Waals surface area contributed by atoms with Gasteiger partial charge in [-0.2, -0.15) is 0 Å². The van der Waals surface area contributed by atoms with Crippen molar-refractivity contribution in [3.63, 3.8) is 0 Å². The lowest BCUT2D eigenvalue weighted by molar-refractivity contribution is 0.485.